The van der Waals surface area contributed by atoms with E-state index in [1.165, 1.54) is 0 Å². The molecule has 1 rings (SSSR count). The highest BCUT2D eigenvalue weighted by Gasteiger charge is 2.30. The summed E-state index contributed by atoms with van der Waals surface area (Å²) in [5.74, 6) is -0.818. The molecule has 1 aromatic carbocycles. The predicted octanol–water partition coefficient (Wildman–Crippen LogP) is 2.44. The maximum absolute atomic E-state index is 12.1. The Balaban J connectivity index is 2.89. The molecule has 1 aromatic rings. The third kappa shape index (κ3) is 3.46. The second-order valence-corrected chi connectivity index (χ2v) is 4.49. The first kappa shape index (κ1) is 12.9. The van der Waals surface area contributed by atoms with Crippen LogP contribution in [0, 0.1) is 0 Å². The molecule has 0 aromatic heterocycles. The Kier molecular flexibility index (Phi) is 3.54. The molecule has 0 N–H and O–H groups in total. The van der Waals surface area contributed by atoms with E-state index in [9.17, 15) is 26.1 Å². The van der Waals surface area contributed by atoms with Gasteiger partial charge in [-0.25, -0.2) is 0 Å². The van der Waals surface area contributed by atoms with E-state index in [0.717, 1.165) is 12.1 Å². The third-order valence-corrected chi connectivity index (χ3v) is 2.60. The summed E-state index contributed by atoms with van der Waals surface area (Å²) >= 11 is 0. The molecule has 0 fully saturated rings. The van der Waals surface area contributed by atoms with Gasteiger partial charge < -0.3 is 0 Å². The molecule has 0 spiro atoms. The maximum atomic E-state index is 12.1. The standard InChI is InChI=1S/C8H6F4O3S/c9-8(10,11)7-3-1-6(2-4-7)5-16(13,14)15-12/h1-4H,5H2. The van der Waals surface area contributed by atoms with Gasteiger partial charge in [0, 0.05) is 0 Å². The lowest BCUT2D eigenvalue weighted by molar-refractivity contribution is -0.137. The molecule has 16 heavy (non-hydrogen) atoms. The molecule has 0 saturated carbocycles. The number of halogens is 4. The van der Waals surface area contributed by atoms with E-state index in [0.29, 0.717) is 12.1 Å². The molecule has 0 heterocycles. The Labute approximate surface area is 88.7 Å². The van der Waals surface area contributed by atoms with Crippen molar-refractivity contribution in [1.29, 1.82) is 0 Å². The van der Waals surface area contributed by atoms with Crippen molar-refractivity contribution >= 4 is 10.1 Å². The Hall–Kier alpha value is -1.15. The highest BCUT2D eigenvalue weighted by molar-refractivity contribution is 7.85. The van der Waals surface area contributed by atoms with E-state index in [4.69, 9.17) is 0 Å². The van der Waals surface area contributed by atoms with Crippen molar-refractivity contribution in [1.82, 2.24) is 0 Å². The largest absolute Gasteiger partial charge is 0.416 e. The summed E-state index contributed by atoms with van der Waals surface area (Å²) in [5, 5.41) is 0. The van der Waals surface area contributed by atoms with Crippen LogP contribution in [0.25, 0.3) is 0 Å². The highest BCUT2D eigenvalue weighted by Crippen LogP contribution is 2.29. The van der Waals surface area contributed by atoms with Crippen molar-refractivity contribution in [3.63, 3.8) is 0 Å². The molecule has 8 heteroatoms. The topological polar surface area (TPSA) is 43.4 Å². The van der Waals surface area contributed by atoms with Crippen LogP contribution in [0.15, 0.2) is 24.3 Å². The lowest BCUT2D eigenvalue weighted by Crippen LogP contribution is -2.06. The summed E-state index contributed by atoms with van der Waals surface area (Å²) in [7, 11) is -4.37. The molecule has 0 amide bonds. The second-order valence-electron chi connectivity index (χ2n) is 2.96. The summed E-state index contributed by atoms with van der Waals surface area (Å²) < 4.78 is 71.8. The molecule has 0 saturated heterocycles. The molecule has 0 aliphatic carbocycles. The fourth-order valence-corrected chi connectivity index (χ4v) is 1.66. The van der Waals surface area contributed by atoms with Gasteiger partial charge in [0.1, 0.15) is 5.75 Å². The highest BCUT2D eigenvalue weighted by atomic mass is 32.2. The van der Waals surface area contributed by atoms with Crippen molar-refractivity contribution in [2.24, 2.45) is 0 Å². The fourth-order valence-electron chi connectivity index (χ4n) is 1.02. The number of hydrogen-bond acceptors (Lipinski definition) is 3. The van der Waals surface area contributed by atoms with Gasteiger partial charge in [0.2, 0.25) is 0 Å². The Bertz CT molecular complexity index is 449. The fraction of sp³-hybridized carbons (Fsp3) is 0.250. The predicted molar refractivity (Wildman–Crippen MR) is 46.3 cm³/mol. The van der Waals surface area contributed by atoms with Gasteiger partial charge >= 0.3 is 16.3 Å². The van der Waals surface area contributed by atoms with Gasteiger partial charge in [-0.15, -0.1) is 0 Å². The van der Waals surface area contributed by atoms with E-state index >= 15 is 0 Å². The van der Waals surface area contributed by atoms with E-state index in [-0.39, 0.29) is 5.56 Å². The lowest BCUT2D eigenvalue weighted by Gasteiger charge is -2.06. The summed E-state index contributed by atoms with van der Waals surface area (Å²) in [6.45, 7) is 0. The maximum Gasteiger partial charge on any atom is 0.416 e. The minimum Gasteiger partial charge on any atom is -0.196 e. The Morgan fingerprint density at radius 3 is 2.00 bits per heavy atom. The first-order valence-electron chi connectivity index (χ1n) is 3.93. The van der Waals surface area contributed by atoms with E-state index in [1.807, 2.05) is 0 Å². The van der Waals surface area contributed by atoms with E-state index in [1.54, 1.807) is 0 Å². The van der Waals surface area contributed by atoms with Gasteiger partial charge in [-0.05, 0) is 22.2 Å². The molecule has 0 radical (unpaired) electrons. The average molecular weight is 258 g/mol. The first-order chi connectivity index (χ1) is 7.24. The Morgan fingerprint density at radius 2 is 1.62 bits per heavy atom. The third-order valence-electron chi connectivity index (χ3n) is 1.72. The number of benzene rings is 1. The van der Waals surface area contributed by atoms with Crippen molar-refractivity contribution in [3.8, 4) is 0 Å². The second kappa shape index (κ2) is 4.38. The van der Waals surface area contributed by atoms with Crippen molar-refractivity contribution in [2.45, 2.75) is 11.9 Å². The number of alkyl halides is 3. The van der Waals surface area contributed by atoms with Crippen molar-refractivity contribution in [3.05, 3.63) is 35.4 Å². The molecule has 0 unspecified atom stereocenters. The summed E-state index contributed by atoms with van der Waals surface area (Å²) in [6, 6.07) is 3.31. The minimum absolute atomic E-state index is 0.00523. The SMILES string of the molecule is O=S(=O)(Cc1ccc(C(F)(F)F)cc1)OF. The molecular formula is C8H6F4O3S. The monoisotopic (exact) mass is 258 g/mol. The van der Waals surface area contributed by atoms with Crippen LogP contribution in [0.1, 0.15) is 11.1 Å². The quantitative estimate of drug-likeness (QED) is 0.782. The van der Waals surface area contributed by atoms with Crippen LogP contribution in [0.4, 0.5) is 17.7 Å². The molecule has 0 aliphatic rings. The lowest BCUT2D eigenvalue weighted by atomic mass is 10.1. The van der Waals surface area contributed by atoms with Gasteiger partial charge in [-0.3, -0.25) is 0 Å². The van der Waals surface area contributed by atoms with Gasteiger partial charge in [0.05, 0.1) is 5.56 Å². The molecule has 3 nitrogen and oxygen atoms in total. The molecule has 0 bridgehead atoms. The van der Waals surface area contributed by atoms with Crippen molar-refractivity contribution in [2.75, 3.05) is 0 Å². The van der Waals surface area contributed by atoms with Crippen LogP contribution in [0.3, 0.4) is 0 Å². The molecule has 0 aliphatic heterocycles. The average Bonchev–Trinajstić information content (AvgIpc) is 2.16. The van der Waals surface area contributed by atoms with Gasteiger partial charge in [-0.2, -0.15) is 21.6 Å². The summed E-state index contributed by atoms with van der Waals surface area (Å²) in [4.78, 5) is 0. The molecule has 0 atom stereocenters. The van der Waals surface area contributed by atoms with Crippen LogP contribution >= 0.6 is 0 Å². The van der Waals surface area contributed by atoms with Gasteiger partial charge in [0.15, 0.2) is 0 Å². The van der Waals surface area contributed by atoms with Crippen LogP contribution in [0.5, 0.6) is 0 Å². The van der Waals surface area contributed by atoms with Crippen LogP contribution in [-0.4, -0.2) is 8.42 Å². The van der Waals surface area contributed by atoms with Crippen LogP contribution in [-0.2, 0) is 26.4 Å². The van der Waals surface area contributed by atoms with Gasteiger partial charge in [-0.1, -0.05) is 16.5 Å². The number of rotatable bonds is 3. The first-order valence-corrected chi connectivity index (χ1v) is 5.51. The summed E-state index contributed by atoms with van der Waals surface area (Å²) in [6.07, 6.45) is -4.49. The smallest absolute Gasteiger partial charge is 0.196 e. The normalized spacial score (nSPS) is 12.8. The number of hydrogen-bond donors (Lipinski definition) is 0. The van der Waals surface area contributed by atoms with E-state index in [2.05, 4.69) is 4.39 Å². The zero-order chi connectivity index (χ0) is 12.4. The molecule has 90 valence electrons. The van der Waals surface area contributed by atoms with Crippen LogP contribution < -0.4 is 0 Å². The minimum atomic E-state index is -4.49. The zero-order valence-electron chi connectivity index (χ0n) is 7.66. The summed E-state index contributed by atoms with van der Waals surface area (Å²) in [5.41, 5.74) is -0.902. The molecular weight excluding hydrogens is 252 g/mol. The Morgan fingerprint density at radius 1 is 1.12 bits per heavy atom. The zero-order valence-corrected chi connectivity index (χ0v) is 8.48. The van der Waals surface area contributed by atoms with Crippen molar-refractivity contribution < 1.29 is 30.5 Å². The van der Waals surface area contributed by atoms with E-state index < -0.39 is 27.6 Å². The van der Waals surface area contributed by atoms with Crippen LogP contribution in [0.2, 0.25) is 0 Å². The van der Waals surface area contributed by atoms with Gasteiger partial charge in [0.25, 0.3) is 0 Å².